The van der Waals surface area contributed by atoms with Gasteiger partial charge >= 0.3 is 5.97 Å². The lowest BCUT2D eigenvalue weighted by atomic mass is 10.1. The molecule has 0 bridgehead atoms. The molecule has 0 atom stereocenters. The Balaban J connectivity index is 2.41. The van der Waals surface area contributed by atoms with Crippen LogP contribution in [0.5, 0.6) is 0 Å². The minimum Gasteiger partial charge on any atom is -0.478 e. The second kappa shape index (κ2) is 4.14. The van der Waals surface area contributed by atoms with E-state index in [1.165, 1.54) is 11.3 Å². The standard InChI is InChI=1S/C11H9NO2S/c13-11(14)9(10-2-1-5-15-10)6-8-3-4-12-7-8/h1-7,12H,(H,13,14). The van der Waals surface area contributed by atoms with Crippen LogP contribution in [0.2, 0.25) is 0 Å². The predicted molar refractivity (Wildman–Crippen MR) is 60.6 cm³/mol. The van der Waals surface area contributed by atoms with E-state index in [1.54, 1.807) is 24.5 Å². The van der Waals surface area contributed by atoms with E-state index in [0.29, 0.717) is 5.57 Å². The van der Waals surface area contributed by atoms with Gasteiger partial charge < -0.3 is 10.1 Å². The minimum absolute atomic E-state index is 0.324. The molecule has 0 aliphatic heterocycles. The topological polar surface area (TPSA) is 53.1 Å². The highest BCUT2D eigenvalue weighted by atomic mass is 32.1. The van der Waals surface area contributed by atoms with Crippen LogP contribution in [0.25, 0.3) is 11.6 Å². The van der Waals surface area contributed by atoms with Crippen molar-refractivity contribution in [1.29, 1.82) is 0 Å². The van der Waals surface area contributed by atoms with E-state index < -0.39 is 5.97 Å². The molecule has 0 saturated heterocycles. The molecular weight excluding hydrogens is 210 g/mol. The normalized spacial score (nSPS) is 11.6. The number of hydrogen-bond donors (Lipinski definition) is 2. The van der Waals surface area contributed by atoms with E-state index in [-0.39, 0.29) is 0 Å². The molecule has 15 heavy (non-hydrogen) atoms. The largest absolute Gasteiger partial charge is 0.478 e. The number of nitrogens with one attached hydrogen (secondary N) is 1. The number of hydrogen-bond acceptors (Lipinski definition) is 2. The molecule has 0 aliphatic rings. The molecule has 0 saturated carbocycles. The first-order chi connectivity index (χ1) is 7.27. The summed E-state index contributed by atoms with van der Waals surface area (Å²) in [6.45, 7) is 0. The zero-order chi connectivity index (χ0) is 10.7. The maximum atomic E-state index is 11.1. The summed E-state index contributed by atoms with van der Waals surface area (Å²) in [6.07, 6.45) is 5.18. The van der Waals surface area contributed by atoms with Gasteiger partial charge in [0.25, 0.3) is 0 Å². The molecule has 2 N–H and O–H groups in total. The lowest BCUT2D eigenvalue weighted by molar-refractivity contribution is -0.130. The molecule has 76 valence electrons. The average molecular weight is 219 g/mol. The minimum atomic E-state index is -0.904. The van der Waals surface area contributed by atoms with E-state index >= 15 is 0 Å². The smallest absolute Gasteiger partial charge is 0.337 e. The van der Waals surface area contributed by atoms with Gasteiger partial charge in [-0.25, -0.2) is 4.79 Å². The number of H-pyrrole nitrogens is 1. The fourth-order valence-corrected chi connectivity index (χ4v) is 2.00. The Morgan fingerprint density at radius 3 is 2.87 bits per heavy atom. The number of thiophene rings is 1. The Morgan fingerprint density at radius 2 is 2.33 bits per heavy atom. The molecule has 4 heteroatoms. The van der Waals surface area contributed by atoms with Crippen LogP contribution in [-0.4, -0.2) is 16.1 Å². The zero-order valence-electron chi connectivity index (χ0n) is 7.81. The van der Waals surface area contributed by atoms with Crippen molar-refractivity contribution in [2.75, 3.05) is 0 Å². The third-order valence-electron chi connectivity index (χ3n) is 1.95. The number of aromatic amines is 1. The van der Waals surface area contributed by atoms with Gasteiger partial charge in [-0.1, -0.05) is 6.07 Å². The Kier molecular flexibility index (Phi) is 2.69. The van der Waals surface area contributed by atoms with E-state index in [9.17, 15) is 4.79 Å². The molecule has 2 rings (SSSR count). The molecule has 2 aromatic rings. The summed E-state index contributed by atoms with van der Waals surface area (Å²) < 4.78 is 0. The van der Waals surface area contributed by atoms with E-state index in [1.807, 2.05) is 17.5 Å². The summed E-state index contributed by atoms with van der Waals surface area (Å²) in [5.74, 6) is -0.904. The maximum Gasteiger partial charge on any atom is 0.337 e. The molecule has 0 fully saturated rings. The van der Waals surface area contributed by atoms with Crippen molar-refractivity contribution in [2.45, 2.75) is 0 Å². The van der Waals surface area contributed by atoms with Crippen molar-refractivity contribution in [3.8, 4) is 0 Å². The average Bonchev–Trinajstić information content (AvgIpc) is 2.87. The second-order valence-corrected chi connectivity index (χ2v) is 3.93. The SMILES string of the molecule is O=C(O)C(=Cc1cc[nH]c1)c1cccs1. The van der Waals surface area contributed by atoms with Crippen molar-refractivity contribution in [3.63, 3.8) is 0 Å². The fourth-order valence-electron chi connectivity index (χ4n) is 1.26. The number of aliphatic carboxylic acids is 1. The third kappa shape index (κ3) is 2.16. The number of rotatable bonds is 3. The number of aromatic nitrogens is 1. The summed E-state index contributed by atoms with van der Waals surface area (Å²) in [5.41, 5.74) is 1.19. The summed E-state index contributed by atoms with van der Waals surface area (Å²) in [6, 6.07) is 5.47. The van der Waals surface area contributed by atoms with Crippen molar-refractivity contribution in [1.82, 2.24) is 4.98 Å². The van der Waals surface area contributed by atoms with Crippen molar-refractivity contribution in [2.24, 2.45) is 0 Å². The summed E-state index contributed by atoms with van der Waals surface area (Å²) in [7, 11) is 0. The van der Waals surface area contributed by atoms with Gasteiger partial charge in [-0.2, -0.15) is 0 Å². The Morgan fingerprint density at radius 1 is 1.47 bits per heavy atom. The molecule has 0 amide bonds. The van der Waals surface area contributed by atoms with E-state index in [4.69, 9.17) is 5.11 Å². The first-order valence-electron chi connectivity index (χ1n) is 4.39. The van der Waals surface area contributed by atoms with Crippen LogP contribution >= 0.6 is 11.3 Å². The van der Waals surface area contributed by atoms with Gasteiger partial charge in [0.1, 0.15) is 0 Å². The van der Waals surface area contributed by atoms with Crippen LogP contribution < -0.4 is 0 Å². The first kappa shape index (κ1) is 9.73. The number of carboxylic acid groups (broad SMARTS) is 1. The molecule has 3 nitrogen and oxygen atoms in total. The lowest BCUT2D eigenvalue weighted by Crippen LogP contribution is -1.97. The maximum absolute atomic E-state index is 11.1. The number of carbonyl (C=O) groups is 1. The molecule has 0 aliphatic carbocycles. The van der Waals surface area contributed by atoms with E-state index in [2.05, 4.69) is 4.98 Å². The van der Waals surface area contributed by atoms with Crippen LogP contribution in [0.15, 0.2) is 36.0 Å². The molecule has 2 heterocycles. The lowest BCUT2D eigenvalue weighted by Gasteiger charge is -1.97. The van der Waals surface area contributed by atoms with Gasteiger partial charge in [0, 0.05) is 17.3 Å². The van der Waals surface area contributed by atoms with Crippen LogP contribution in [0.3, 0.4) is 0 Å². The second-order valence-electron chi connectivity index (χ2n) is 2.98. The quantitative estimate of drug-likeness (QED) is 0.780. The molecule has 2 aromatic heterocycles. The monoisotopic (exact) mass is 219 g/mol. The molecule has 0 radical (unpaired) electrons. The molecular formula is C11H9NO2S. The van der Waals surface area contributed by atoms with Gasteiger partial charge in [-0.3, -0.25) is 0 Å². The number of carboxylic acids is 1. The predicted octanol–water partition coefficient (Wildman–Crippen LogP) is 2.70. The van der Waals surface area contributed by atoms with E-state index in [0.717, 1.165) is 10.4 Å². The summed E-state index contributed by atoms with van der Waals surface area (Å²) in [4.78, 5) is 14.7. The molecule has 0 aromatic carbocycles. The van der Waals surface area contributed by atoms with Crippen LogP contribution in [0.4, 0.5) is 0 Å². The zero-order valence-corrected chi connectivity index (χ0v) is 8.62. The van der Waals surface area contributed by atoms with Crippen molar-refractivity contribution >= 4 is 29.0 Å². The van der Waals surface area contributed by atoms with Gasteiger partial charge in [0.05, 0.1) is 5.57 Å². The summed E-state index contributed by atoms with van der Waals surface area (Å²) >= 11 is 1.42. The Hall–Kier alpha value is -1.81. The van der Waals surface area contributed by atoms with Gasteiger partial charge in [-0.05, 0) is 29.2 Å². The summed E-state index contributed by atoms with van der Waals surface area (Å²) in [5, 5.41) is 10.9. The van der Waals surface area contributed by atoms with Gasteiger partial charge in [0.2, 0.25) is 0 Å². The highest BCUT2D eigenvalue weighted by Gasteiger charge is 2.10. The van der Waals surface area contributed by atoms with Crippen LogP contribution in [-0.2, 0) is 4.79 Å². The first-order valence-corrected chi connectivity index (χ1v) is 5.27. The molecule has 0 unspecified atom stereocenters. The van der Waals surface area contributed by atoms with Crippen LogP contribution in [0.1, 0.15) is 10.4 Å². The fraction of sp³-hybridized carbons (Fsp3) is 0. The Bertz CT molecular complexity index is 469. The van der Waals surface area contributed by atoms with Gasteiger partial charge in [0.15, 0.2) is 0 Å². The van der Waals surface area contributed by atoms with Crippen molar-refractivity contribution in [3.05, 3.63) is 46.4 Å². The van der Waals surface area contributed by atoms with Crippen molar-refractivity contribution < 1.29 is 9.90 Å². The van der Waals surface area contributed by atoms with Gasteiger partial charge in [-0.15, -0.1) is 11.3 Å². The molecule has 0 spiro atoms. The highest BCUT2D eigenvalue weighted by molar-refractivity contribution is 7.11. The Labute approximate surface area is 90.7 Å². The third-order valence-corrected chi connectivity index (χ3v) is 2.85. The highest BCUT2D eigenvalue weighted by Crippen LogP contribution is 2.22. The van der Waals surface area contributed by atoms with Crippen LogP contribution in [0, 0.1) is 0 Å².